The maximum atomic E-state index is 13.1. The van der Waals surface area contributed by atoms with Crippen molar-refractivity contribution in [3.8, 4) is 6.07 Å². The molecule has 0 bridgehead atoms. The molecule has 0 atom stereocenters. The highest BCUT2D eigenvalue weighted by molar-refractivity contribution is 8.26. The summed E-state index contributed by atoms with van der Waals surface area (Å²) in [5, 5.41) is 9.67. The van der Waals surface area contributed by atoms with E-state index >= 15 is 0 Å². The van der Waals surface area contributed by atoms with Crippen molar-refractivity contribution < 1.29 is 4.79 Å². The number of pyridine rings is 1. The van der Waals surface area contributed by atoms with E-state index < -0.39 is 0 Å². The lowest BCUT2D eigenvalue weighted by atomic mass is 10.0. The van der Waals surface area contributed by atoms with Crippen molar-refractivity contribution in [2.45, 2.75) is 52.5 Å². The number of anilines is 1. The normalized spacial score (nSPS) is 18.6. The molecule has 1 amide bonds. The van der Waals surface area contributed by atoms with E-state index in [1.165, 1.54) is 23.1 Å². The average molecular weight is 431 g/mol. The SMILES string of the molecule is CCCCn1c(N2CCCCC2)c(/C=C2/SC(=S)N(C)C2=O)c(C)c(C#N)c1=O. The van der Waals surface area contributed by atoms with E-state index in [1.807, 2.05) is 6.08 Å². The van der Waals surface area contributed by atoms with Crippen LogP contribution in [0.25, 0.3) is 6.08 Å². The maximum Gasteiger partial charge on any atom is 0.270 e. The third-order valence-corrected chi connectivity index (χ3v) is 6.98. The number of hydrogen-bond donors (Lipinski definition) is 0. The highest BCUT2D eigenvalue weighted by atomic mass is 32.2. The second-order valence-corrected chi connectivity index (χ2v) is 9.12. The third-order valence-electron chi connectivity index (χ3n) is 5.50. The van der Waals surface area contributed by atoms with Crippen LogP contribution in [0.1, 0.15) is 55.7 Å². The van der Waals surface area contributed by atoms with Crippen molar-refractivity contribution in [3.05, 3.63) is 31.9 Å². The molecule has 3 rings (SSSR count). The molecule has 0 aromatic carbocycles. The number of nitriles is 1. The first-order valence-electron chi connectivity index (χ1n) is 10.0. The van der Waals surface area contributed by atoms with Gasteiger partial charge in [-0.15, -0.1) is 0 Å². The fourth-order valence-corrected chi connectivity index (χ4v) is 4.95. The Morgan fingerprint density at radius 3 is 2.48 bits per heavy atom. The monoisotopic (exact) mass is 430 g/mol. The fraction of sp³-hybridized carbons (Fsp3) is 0.524. The van der Waals surface area contributed by atoms with Gasteiger partial charge in [-0.3, -0.25) is 19.1 Å². The molecular formula is C21H26N4O2S2. The van der Waals surface area contributed by atoms with Crippen LogP contribution in [0.5, 0.6) is 0 Å². The molecule has 2 fully saturated rings. The smallest absolute Gasteiger partial charge is 0.270 e. The lowest BCUT2D eigenvalue weighted by Crippen LogP contribution is -2.37. The Hall–Kier alpha value is -2.11. The van der Waals surface area contributed by atoms with Gasteiger partial charge in [-0.25, -0.2) is 0 Å². The van der Waals surface area contributed by atoms with Crippen molar-refractivity contribution in [1.29, 1.82) is 5.26 Å². The molecule has 2 saturated heterocycles. The summed E-state index contributed by atoms with van der Waals surface area (Å²) >= 11 is 6.53. The minimum atomic E-state index is -0.237. The van der Waals surface area contributed by atoms with E-state index in [0.29, 0.717) is 21.3 Å². The number of thiocarbonyl (C=S) groups is 1. The number of piperidine rings is 1. The van der Waals surface area contributed by atoms with Crippen LogP contribution >= 0.6 is 24.0 Å². The van der Waals surface area contributed by atoms with Gasteiger partial charge in [0.05, 0.1) is 4.91 Å². The zero-order chi connectivity index (χ0) is 21.1. The number of carbonyl (C=O) groups excluding carboxylic acids is 1. The molecule has 8 heteroatoms. The summed E-state index contributed by atoms with van der Waals surface area (Å²) in [6.45, 7) is 6.18. The van der Waals surface area contributed by atoms with Gasteiger partial charge in [0.15, 0.2) is 0 Å². The lowest BCUT2D eigenvalue weighted by Gasteiger charge is -2.33. The van der Waals surface area contributed by atoms with Gasteiger partial charge < -0.3 is 4.90 Å². The average Bonchev–Trinajstić information content (AvgIpc) is 2.96. The molecule has 1 aromatic heterocycles. The van der Waals surface area contributed by atoms with E-state index in [0.717, 1.165) is 50.2 Å². The molecule has 0 N–H and O–H groups in total. The zero-order valence-electron chi connectivity index (χ0n) is 17.2. The maximum absolute atomic E-state index is 13.1. The molecule has 3 heterocycles. The van der Waals surface area contributed by atoms with Crippen LogP contribution in [-0.4, -0.2) is 39.8 Å². The van der Waals surface area contributed by atoms with E-state index in [2.05, 4.69) is 17.9 Å². The molecule has 0 unspecified atom stereocenters. The Balaban J connectivity index is 2.27. The minimum Gasteiger partial charge on any atom is -0.357 e. The number of nitrogens with zero attached hydrogens (tertiary/aromatic N) is 4. The van der Waals surface area contributed by atoms with Crippen molar-refractivity contribution >= 4 is 46.1 Å². The van der Waals surface area contributed by atoms with Crippen LogP contribution in [0.3, 0.4) is 0 Å². The predicted octanol–water partition coefficient (Wildman–Crippen LogP) is 3.65. The van der Waals surface area contributed by atoms with Crippen molar-refractivity contribution in [2.24, 2.45) is 0 Å². The Kier molecular flexibility index (Phi) is 6.81. The molecule has 1 aromatic rings. The van der Waals surface area contributed by atoms with Gasteiger partial charge in [0.2, 0.25) is 0 Å². The Bertz CT molecular complexity index is 968. The highest BCUT2D eigenvalue weighted by Gasteiger charge is 2.31. The second-order valence-electron chi connectivity index (χ2n) is 7.45. The van der Waals surface area contributed by atoms with E-state index in [9.17, 15) is 14.9 Å². The summed E-state index contributed by atoms with van der Waals surface area (Å²) in [5.74, 6) is 0.690. The second kappa shape index (κ2) is 9.14. The van der Waals surface area contributed by atoms with Gasteiger partial charge >= 0.3 is 0 Å². The third kappa shape index (κ3) is 4.12. The first-order valence-corrected chi connectivity index (χ1v) is 11.3. The molecule has 0 saturated carbocycles. The standard InChI is InChI=1S/C21H26N4O2S2/c1-4-5-11-25-18(24-9-7-6-8-10-24)15(14(2)16(13-22)19(25)26)12-17-20(27)23(3)21(28)29-17/h12H,4-11H2,1-3H3/b17-12+. The van der Waals surface area contributed by atoms with Crippen LogP contribution in [0.4, 0.5) is 5.82 Å². The number of likely N-dealkylation sites (N-methyl/N-ethyl adjacent to an activating group) is 1. The van der Waals surface area contributed by atoms with Crippen molar-refractivity contribution in [3.63, 3.8) is 0 Å². The van der Waals surface area contributed by atoms with E-state index in [4.69, 9.17) is 12.2 Å². The van der Waals surface area contributed by atoms with Crippen molar-refractivity contribution in [1.82, 2.24) is 9.47 Å². The van der Waals surface area contributed by atoms with E-state index in [1.54, 1.807) is 18.5 Å². The van der Waals surface area contributed by atoms with Crippen LogP contribution in [0.15, 0.2) is 9.70 Å². The predicted molar refractivity (Wildman–Crippen MR) is 122 cm³/mol. The molecule has 0 aliphatic carbocycles. The Morgan fingerprint density at radius 2 is 1.93 bits per heavy atom. The fourth-order valence-electron chi connectivity index (χ4n) is 3.79. The molecule has 0 spiro atoms. The molecule has 6 nitrogen and oxygen atoms in total. The lowest BCUT2D eigenvalue weighted by molar-refractivity contribution is -0.121. The van der Waals surface area contributed by atoms with Gasteiger partial charge in [-0.05, 0) is 44.2 Å². The molecule has 2 aliphatic rings. The number of unbranched alkanes of at least 4 members (excludes halogenated alkanes) is 1. The summed E-state index contributed by atoms with van der Waals surface area (Å²) in [7, 11) is 1.67. The number of amides is 1. The van der Waals surface area contributed by atoms with Gasteiger partial charge in [0.1, 0.15) is 21.8 Å². The molecule has 2 aliphatic heterocycles. The summed E-state index contributed by atoms with van der Waals surface area (Å²) in [6.07, 6.45) is 6.94. The summed E-state index contributed by atoms with van der Waals surface area (Å²) in [4.78, 5) is 30.0. The highest BCUT2D eigenvalue weighted by Crippen LogP contribution is 2.35. The largest absolute Gasteiger partial charge is 0.357 e. The Morgan fingerprint density at radius 1 is 1.24 bits per heavy atom. The number of hydrogen-bond acceptors (Lipinski definition) is 6. The number of thioether (sulfide) groups is 1. The topological polar surface area (TPSA) is 69.3 Å². The van der Waals surface area contributed by atoms with Crippen LogP contribution < -0.4 is 10.5 Å². The zero-order valence-corrected chi connectivity index (χ0v) is 18.8. The first-order chi connectivity index (χ1) is 13.9. The van der Waals surface area contributed by atoms with Gasteiger partial charge in [-0.2, -0.15) is 5.26 Å². The van der Waals surface area contributed by atoms with E-state index in [-0.39, 0.29) is 17.0 Å². The molecule has 29 heavy (non-hydrogen) atoms. The molecular weight excluding hydrogens is 404 g/mol. The van der Waals surface area contributed by atoms with Gasteiger partial charge in [0, 0.05) is 32.2 Å². The number of aromatic nitrogens is 1. The molecule has 0 radical (unpaired) electrons. The van der Waals surface area contributed by atoms with Crippen LogP contribution in [0.2, 0.25) is 0 Å². The number of rotatable bonds is 5. The summed E-state index contributed by atoms with van der Waals surface area (Å²) in [5.41, 5.74) is 1.33. The minimum absolute atomic E-state index is 0.145. The quantitative estimate of drug-likeness (QED) is 0.525. The molecule has 154 valence electrons. The van der Waals surface area contributed by atoms with Crippen LogP contribution in [0, 0.1) is 18.3 Å². The van der Waals surface area contributed by atoms with Crippen LogP contribution in [-0.2, 0) is 11.3 Å². The summed E-state index contributed by atoms with van der Waals surface area (Å²) in [6, 6.07) is 2.10. The Labute approximate surface area is 181 Å². The van der Waals surface area contributed by atoms with Gasteiger partial charge in [0.25, 0.3) is 11.5 Å². The number of carbonyl (C=O) groups is 1. The van der Waals surface area contributed by atoms with Gasteiger partial charge in [-0.1, -0.05) is 37.3 Å². The summed E-state index contributed by atoms with van der Waals surface area (Å²) < 4.78 is 2.26. The van der Waals surface area contributed by atoms with Crippen molar-refractivity contribution in [2.75, 3.05) is 25.0 Å². The first kappa shape index (κ1) is 21.6.